The highest BCUT2D eigenvalue weighted by molar-refractivity contribution is 6.30. The molecule has 184 valence electrons. The van der Waals surface area contributed by atoms with Gasteiger partial charge in [0.2, 0.25) is 0 Å². The number of likely N-dealkylation sites (N-methyl/N-ethyl adjacent to an activating group) is 2. The standard InChI is InChI=1S/C28H32Cl2N4O/c1-32(2)25-18-34(26(31)17-24(25)33(3)28(35)21-7-5-4-6-8-21)27(19-9-13-22(29)14-10-19)20-11-15-23(30)16-12-20/h4-16,24-27H,17-18,31H2,1-3H3. The predicted molar refractivity (Wildman–Crippen MR) is 144 cm³/mol. The third-order valence-electron chi connectivity index (χ3n) is 6.96. The lowest BCUT2D eigenvalue weighted by atomic mass is 9.89. The lowest BCUT2D eigenvalue weighted by Gasteiger charge is -2.50. The van der Waals surface area contributed by atoms with Gasteiger partial charge in [0.1, 0.15) is 0 Å². The quantitative estimate of drug-likeness (QED) is 0.498. The van der Waals surface area contributed by atoms with E-state index in [9.17, 15) is 4.79 Å². The Labute approximate surface area is 218 Å². The third kappa shape index (κ3) is 5.71. The fourth-order valence-electron chi connectivity index (χ4n) is 5.03. The Morgan fingerprint density at radius 3 is 1.86 bits per heavy atom. The molecule has 4 rings (SSSR count). The second-order valence-electron chi connectivity index (χ2n) is 9.39. The molecular formula is C28H32Cl2N4O. The largest absolute Gasteiger partial charge is 0.337 e. The molecule has 1 heterocycles. The molecular weight excluding hydrogens is 479 g/mol. The number of nitrogens with two attached hydrogens (primary N) is 1. The highest BCUT2D eigenvalue weighted by atomic mass is 35.5. The first-order valence-corrected chi connectivity index (χ1v) is 12.5. The molecule has 3 atom stereocenters. The van der Waals surface area contributed by atoms with Crippen LogP contribution in [0.25, 0.3) is 0 Å². The molecule has 0 bridgehead atoms. The van der Waals surface area contributed by atoms with Gasteiger partial charge < -0.3 is 15.5 Å². The fraction of sp³-hybridized carbons (Fsp3) is 0.321. The maximum atomic E-state index is 13.3. The van der Waals surface area contributed by atoms with Crippen molar-refractivity contribution in [1.29, 1.82) is 0 Å². The van der Waals surface area contributed by atoms with E-state index in [2.05, 4.69) is 48.2 Å². The van der Waals surface area contributed by atoms with E-state index in [1.165, 1.54) is 0 Å². The average molecular weight is 511 g/mol. The van der Waals surface area contributed by atoms with Crippen LogP contribution in [0.4, 0.5) is 0 Å². The first-order chi connectivity index (χ1) is 16.8. The van der Waals surface area contributed by atoms with E-state index in [0.717, 1.165) is 11.1 Å². The summed E-state index contributed by atoms with van der Waals surface area (Å²) in [6.07, 6.45) is 0.397. The summed E-state index contributed by atoms with van der Waals surface area (Å²) in [4.78, 5) is 19.6. The van der Waals surface area contributed by atoms with Crippen LogP contribution in [0.5, 0.6) is 0 Å². The summed E-state index contributed by atoms with van der Waals surface area (Å²) in [6.45, 7) is 0.696. The molecule has 0 radical (unpaired) electrons. The van der Waals surface area contributed by atoms with Crippen molar-refractivity contribution in [3.05, 3.63) is 106 Å². The van der Waals surface area contributed by atoms with E-state index in [1.54, 1.807) is 0 Å². The molecule has 0 aliphatic carbocycles. The van der Waals surface area contributed by atoms with E-state index in [0.29, 0.717) is 28.6 Å². The van der Waals surface area contributed by atoms with Crippen LogP contribution in [0.1, 0.15) is 33.9 Å². The molecule has 35 heavy (non-hydrogen) atoms. The van der Waals surface area contributed by atoms with Crippen LogP contribution in [0.3, 0.4) is 0 Å². The number of hydrogen-bond donors (Lipinski definition) is 1. The number of likely N-dealkylation sites (tertiary alicyclic amines) is 1. The van der Waals surface area contributed by atoms with Crippen molar-refractivity contribution < 1.29 is 4.79 Å². The molecule has 0 spiro atoms. The minimum atomic E-state index is -0.251. The normalized spacial score (nSPS) is 20.9. The molecule has 3 unspecified atom stereocenters. The number of piperidine rings is 1. The Bertz CT molecular complexity index is 1080. The Hall–Kier alpha value is -2.41. The molecule has 3 aromatic rings. The van der Waals surface area contributed by atoms with Crippen molar-refractivity contribution >= 4 is 29.1 Å². The molecule has 0 saturated carbocycles. The monoisotopic (exact) mass is 510 g/mol. The zero-order valence-electron chi connectivity index (χ0n) is 20.3. The Morgan fingerprint density at radius 2 is 1.37 bits per heavy atom. The summed E-state index contributed by atoms with van der Waals surface area (Å²) in [5.74, 6) is 0.00931. The third-order valence-corrected chi connectivity index (χ3v) is 7.46. The molecule has 0 aromatic heterocycles. The van der Waals surface area contributed by atoms with Gasteiger partial charge >= 0.3 is 0 Å². The van der Waals surface area contributed by atoms with Crippen LogP contribution in [0.2, 0.25) is 10.0 Å². The van der Waals surface area contributed by atoms with Gasteiger partial charge in [0.15, 0.2) is 0 Å². The van der Waals surface area contributed by atoms with Crippen molar-refractivity contribution in [2.45, 2.75) is 30.7 Å². The molecule has 1 aliphatic heterocycles. The number of halogens is 2. The molecule has 1 fully saturated rings. The van der Waals surface area contributed by atoms with Crippen LogP contribution in [-0.2, 0) is 0 Å². The maximum absolute atomic E-state index is 13.3. The smallest absolute Gasteiger partial charge is 0.253 e. The van der Waals surface area contributed by atoms with E-state index in [4.69, 9.17) is 28.9 Å². The number of hydrogen-bond acceptors (Lipinski definition) is 4. The molecule has 7 heteroatoms. The second kappa shape index (κ2) is 11.1. The van der Waals surface area contributed by atoms with Crippen LogP contribution in [-0.4, -0.2) is 66.5 Å². The predicted octanol–water partition coefficient (Wildman–Crippen LogP) is 5.14. The molecule has 1 saturated heterocycles. The Morgan fingerprint density at radius 1 is 0.857 bits per heavy atom. The van der Waals surface area contributed by atoms with Gasteiger partial charge in [0.25, 0.3) is 5.91 Å². The first-order valence-electron chi connectivity index (χ1n) is 11.8. The van der Waals surface area contributed by atoms with E-state index < -0.39 is 0 Å². The van der Waals surface area contributed by atoms with E-state index >= 15 is 0 Å². The lowest BCUT2D eigenvalue weighted by Crippen LogP contribution is -2.64. The molecule has 5 nitrogen and oxygen atoms in total. The Balaban J connectivity index is 1.67. The van der Waals surface area contributed by atoms with Crippen molar-refractivity contribution in [3.8, 4) is 0 Å². The summed E-state index contributed by atoms with van der Waals surface area (Å²) < 4.78 is 0. The average Bonchev–Trinajstić information content (AvgIpc) is 2.86. The fourth-order valence-corrected chi connectivity index (χ4v) is 5.29. The topological polar surface area (TPSA) is 52.8 Å². The summed E-state index contributed by atoms with van der Waals surface area (Å²) in [5.41, 5.74) is 9.76. The summed E-state index contributed by atoms with van der Waals surface area (Å²) in [6, 6.07) is 25.3. The van der Waals surface area contributed by atoms with Crippen molar-refractivity contribution in [3.63, 3.8) is 0 Å². The Kier molecular flexibility index (Phi) is 8.15. The summed E-state index contributed by atoms with van der Waals surface area (Å²) >= 11 is 12.4. The number of amides is 1. The van der Waals surface area contributed by atoms with Crippen LogP contribution >= 0.6 is 23.2 Å². The number of carbonyl (C=O) groups is 1. The summed E-state index contributed by atoms with van der Waals surface area (Å²) in [7, 11) is 6.01. The van der Waals surface area contributed by atoms with Gasteiger partial charge in [0.05, 0.1) is 18.2 Å². The highest BCUT2D eigenvalue weighted by Gasteiger charge is 2.42. The second-order valence-corrected chi connectivity index (χ2v) is 10.3. The van der Waals surface area contributed by atoms with Gasteiger partial charge in [0, 0.05) is 35.2 Å². The first kappa shape index (κ1) is 25.7. The number of nitrogens with zero attached hydrogens (tertiary/aromatic N) is 3. The van der Waals surface area contributed by atoms with Crippen molar-refractivity contribution in [1.82, 2.24) is 14.7 Å². The minimum absolute atomic E-state index is 0.00931. The van der Waals surface area contributed by atoms with Gasteiger partial charge in [-0.25, -0.2) is 0 Å². The number of rotatable bonds is 6. The van der Waals surface area contributed by atoms with E-state index in [1.807, 2.05) is 66.5 Å². The number of benzene rings is 3. The zero-order chi connectivity index (χ0) is 25.1. The molecule has 2 N–H and O–H groups in total. The van der Waals surface area contributed by atoms with E-state index in [-0.39, 0.29) is 30.2 Å². The lowest BCUT2D eigenvalue weighted by molar-refractivity contribution is 0.00190. The van der Waals surface area contributed by atoms with Crippen LogP contribution in [0.15, 0.2) is 78.9 Å². The highest BCUT2D eigenvalue weighted by Crippen LogP contribution is 2.36. The van der Waals surface area contributed by atoms with Gasteiger partial charge in [-0.05, 0) is 68.0 Å². The maximum Gasteiger partial charge on any atom is 0.253 e. The minimum Gasteiger partial charge on any atom is -0.337 e. The molecule has 3 aromatic carbocycles. The molecule has 1 aliphatic rings. The van der Waals surface area contributed by atoms with Gasteiger partial charge in [-0.1, -0.05) is 65.7 Å². The number of carbonyl (C=O) groups excluding carboxylic acids is 1. The van der Waals surface area contributed by atoms with Crippen molar-refractivity contribution in [2.75, 3.05) is 27.7 Å². The zero-order valence-corrected chi connectivity index (χ0v) is 21.8. The van der Waals surface area contributed by atoms with Crippen LogP contribution in [0, 0.1) is 0 Å². The van der Waals surface area contributed by atoms with Crippen LogP contribution < -0.4 is 5.73 Å². The molecule has 1 amide bonds. The van der Waals surface area contributed by atoms with Gasteiger partial charge in [-0.2, -0.15) is 0 Å². The summed E-state index contributed by atoms with van der Waals surface area (Å²) in [5, 5.41) is 1.39. The van der Waals surface area contributed by atoms with Crippen molar-refractivity contribution in [2.24, 2.45) is 5.73 Å². The van der Waals surface area contributed by atoms with Gasteiger partial charge in [-0.3, -0.25) is 9.69 Å². The SMILES string of the molecule is CN(C)C1CN(C(c2ccc(Cl)cc2)c2ccc(Cl)cc2)C(N)CC1N(C)C(=O)c1ccccc1. The van der Waals surface area contributed by atoms with Gasteiger partial charge in [-0.15, -0.1) is 0 Å².